The SMILES string of the molecule is COC(C1=Cc2cccnc2[C@@H](N2CCN(C(=O)OC(C)C)CC2)c2ccc(Cl)cc21)c1cncn1C. The molecule has 194 valence electrons. The Morgan fingerprint density at radius 3 is 2.62 bits per heavy atom. The highest BCUT2D eigenvalue weighted by molar-refractivity contribution is 6.30. The van der Waals surface area contributed by atoms with Crippen molar-refractivity contribution >= 4 is 29.3 Å². The van der Waals surface area contributed by atoms with E-state index in [4.69, 9.17) is 26.1 Å². The fourth-order valence-corrected chi connectivity index (χ4v) is 5.41. The van der Waals surface area contributed by atoms with Crippen LogP contribution in [0.25, 0.3) is 11.6 Å². The number of rotatable bonds is 5. The molecule has 2 aliphatic rings. The summed E-state index contributed by atoms with van der Waals surface area (Å²) in [5, 5.41) is 0.656. The van der Waals surface area contributed by atoms with Crippen LogP contribution in [0.4, 0.5) is 4.79 Å². The number of pyridine rings is 1. The van der Waals surface area contributed by atoms with E-state index in [1.54, 1.807) is 18.3 Å². The highest BCUT2D eigenvalue weighted by Crippen LogP contribution is 2.45. The van der Waals surface area contributed by atoms with E-state index in [0.717, 1.165) is 33.7 Å². The number of carbonyl (C=O) groups is 1. The fraction of sp³-hybridized carbons (Fsp3) is 0.393. The van der Waals surface area contributed by atoms with Crippen LogP contribution in [0.15, 0.2) is 49.1 Å². The van der Waals surface area contributed by atoms with E-state index in [1.165, 1.54) is 0 Å². The van der Waals surface area contributed by atoms with Gasteiger partial charge in [0.1, 0.15) is 6.10 Å². The first-order valence-electron chi connectivity index (χ1n) is 12.5. The summed E-state index contributed by atoms with van der Waals surface area (Å²) in [4.78, 5) is 25.9. The van der Waals surface area contributed by atoms with Gasteiger partial charge in [0.2, 0.25) is 0 Å². The summed E-state index contributed by atoms with van der Waals surface area (Å²) in [6.45, 7) is 6.30. The van der Waals surface area contributed by atoms with Crippen LogP contribution in [0.1, 0.15) is 54.1 Å². The summed E-state index contributed by atoms with van der Waals surface area (Å²) in [6.07, 6.45) is 6.86. The Labute approximate surface area is 222 Å². The molecule has 8 nitrogen and oxygen atoms in total. The van der Waals surface area contributed by atoms with Gasteiger partial charge in [-0.15, -0.1) is 0 Å². The first kappa shape index (κ1) is 25.4. The third kappa shape index (κ3) is 5.01. The second-order valence-electron chi connectivity index (χ2n) is 9.71. The minimum Gasteiger partial charge on any atom is -0.447 e. The fourth-order valence-electron chi connectivity index (χ4n) is 5.24. The molecule has 1 amide bonds. The number of hydrogen-bond acceptors (Lipinski definition) is 6. The number of halogens is 1. The van der Waals surface area contributed by atoms with Crippen molar-refractivity contribution in [3.63, 3.8) is 0 Å². The van der Waals surface area contributed by atoms with Gasteiger partial charge in [0.05, 0.1) is 36.1 Å². The van der Waals surface area contributed by atoms with Crippen LogP contribution in [0.2, 0.25) is 5.02 Å². The average molecular weight is 522 g/mol. The van der Waals surface area contributed by atoms with E-state index in [2.05, 4.69) is 28.1 Å². The Morgan fingerprint density at radius 1 is 1.16 bits per heavy atom. The predicted molar refractivity (Wildman–Crippen MR) is 143 cm³/mol. The molecule has 0 bridgehead atoms. The van der Waals surface area contributed by atoms with E-state index in [9.17, 15) is 4.79 Å². The highest BCUT2D eigenvalue weighted by atomic mass is 35.5. The Balaban J connectivity index is 1.57. The van der Waals surface area contributed by atoms with Crippen LogP contribution in [-0.4, -0.2) is 69.8 Å². The van der Waals surface area contributed by atoms with Crippen LogP contribution in [0.5, 0.6) is 0 Å². The lowest BCUT2D eigenvalue weighted by molar-refractivity contribution is 0.0513. The van der Waals surface area contributed by atoms with Crippen molar-refractivity contribution in [2.45, 2.75) is 32.1 Å². The van der Waals surface area contributed by atoms with Gasteiger partial charge in [-0.2, -0.15) is 0 Å². The number of nitrogens with zero attached hydrogens (tertiary/aromatic N) is 5. The van der Waals surface area contributed by atoms with Crippen LogP contribution in [-0.2, 0) is 16.5 Å². The van der Waals surface area contributed by atoms with Crippen LogP contribution >= 0.6 is 11.6 Å². The minimum absolute atomic E-state index is 0.107. The molecule has 1 aliphatic heterocycles. The predicted octanol–water partition coefficient (Wildman–Crippen LogP) is 4.96. The smallest absolute Gasteiger partial charge is 0.410 e. The maximum Gasteiger partial charge on any atom is 0.410 e. The number of piperazine rings is 1. The zero-order valence-electron chi connectivity index (χ0n) is 21.6. The summed E-state index contributed by atoms with van der Waals surface area (Å²) < 4.78 is 13.5. The van der Waals surface area contributed by atoms with Gasteiger partial charge < -0.3 is 18.9 Å². The first-order valence-corrected chi connectivity index (χ1v) is 12.9. The molecule has 1 fully saturated rings. The normalized spacial score (nSPS) is 18.6. The third-order valence-electron chi connectivity index (χ3n) is 6.98. The van der Waals surface area contributed by atoms with E-state index in [0.29, 0.717) is 31.2 Å². The zero-order chi connectivity index (χ0) is 26.1. The highest BCUT2D eigenvalue weighted by Gasteiger charge is 2.36. The van der Waals surface area contributed by atoms with Crippen LogP contribution in [0, 0.1) is 0 Å². The molecule has 3 heterocycles. The molecule has 1 saturated heterocycles. The standard InChI is InChI=1S/C28H32ClN5O3/c1-18(2)37-28(35)34-12-10-33(11-13-34)26-21-8-7-20(29)15-22(21)23(14-19-6-5-9-31-25(19)26)27(36-4)24-16-30-17-32(24)3/h5-9,14-18,26-27H,10-13H2,1-4H3/t26-,27?/m0/s1. The number of hydrogen-bond donors (Lipinski definition) is 0. The molecular formula is C28H32ClN5O3. The molecule has 0 N–H and O–H groups in total. The molecule has 0 saturated carbocycles. The van der Waals surface area contributed by atoms with Crippen molar-refractivity contribution in [3.05, 3.63) is 82.2 Å². The van der Waals surface area contributed by atoms with Gasteiger partial charge in [0, 0.05) is 51.6 Å². The molecular weight excluding hydrogens is 490 g/mol. The van der Waals surface area contributed by atoms with Gasteiger partial charge in [-0.1, -0.05) is 23.7 Å². The summed E-state index contributed by atoms with van der Waals surface area (Å²) in [5.74, 6) is 0. The Morgan fingerprint density at radius 2 is 1.95 bits per heavy atom. The number of methoxy groups -OCH3 is 1. The van der Waals surface area contributed by atoms with Gasteiger partial charge in [0.25, 0.3) is 0 Å². The van der Waals surface area contributed by atoms with E-state index in [1.807, 2.05) is 56.1 Å². The summed E-state index contributed by atoms with van der Waals surface area (Å²) in [6, 6.07) is 9.98. The zero-order valence-corrected chi connectivity index (χ0v) is 22.4. The van der Waals surface area contributed by atoms with Gasteiger partial charge in [0.15, 0.2) is 0 Å². The number of ether oxygens (including phenoxy) is 2. The largest absolute Gasteiger partial charge is 0.447 e. The summed E-state index contributed by atoms with van der Waals surface area (Å²) in [5.41, 5.74) is 6.07. The lowest BCUT2D eigenvalue weighted by Crippen LogP contribution is -2.50. The second-order valence-corrected chi connectivity index (χ2v) is 10.1. The van der Waals surface area contributed by atoms with Gasteiger partial charge in [-0.05, 0) is 60.4 Å². The van der Waals surface area contributed by atoms with Crippen molar-refractivity contribution in [3.8, 4) is 0 Å². The topological polar surface area (TPSA) is 72.7 Å². The Hall–Kier alpha value is -3.20. The van der Waals surface area contributed by atoms with Crippen molar-refractivity contribution in [1.29, 1.82) is 0 Å². The van der Waals surface area contributed by atoms with E-state index in [-0.39, 0.29) is 24.3 Å². The summed E-state index contributed by atoms with van der Waals surface area (Å²) in [7, 11) is 3.68. The van der Waals surface area contributed by atoms with Gasteiger partial charge in [-0.3, -0.25) is 9.88 Å². The number of aromatic nitrogens is 3. The molecule has 1 unspecified atom stereocenters. The lowest BCUT2D eigenvalue weighted by atomic mass is 9.91. The van der Waals surface area contributed by atoms with Gasteiger partial charge >= 0.3 is 6.09 Å². The molecule has 1 aromatic carbocycles. The Bertz CT molecular complexity index is 1310. The average Bonchev–Trinajstić information content (AvgIpc) is 3.25. The lowest BCUT2D eigenvalue weighted by Gasteiger charge is -2.39. The monoisotopic (exact) mass is 521 g/mol. The molecule has 3 aromatic rings. The molecule has 1 aliphatic carbocycles. The molecule has 2 aromatic heterocycles. The minimum atomic E-state index is -0.348. The number of carbonyl (C=O) groups excluding carboxylic acids is 1. The quantitative estimate of drug-likeness (QED) is 0.472. The van der Waals surface area contributed by atoms with E-state index < -0.39 is 0 Å². The second kappa shape index (κ2) is 10.7. The van der Waals surface area contributed by atoms with Crippen LogP contribution in [0.3, 0.4) is 0 Å². The van der Waals surface area contributed by atoms with Crippen LogP contribution < -0.4 is 0 Å². The molecule has 9 heteroatoms. The van der Waals surface area contributed by atoms with Crippen molar-refractivity contribution in [2.24, 2.45) is 7.05 Å². The van der Waals surface area contributed by atoms with E-state index >= 15 is 0 Å². The third-order valence-corrected chi connectivity index (χ3v) is 7.21. The molecule has 5 rings (SSSR count). The Kier molecular flexibility index (Phi) is 7.33. The number of aryl methyl sites for hydroxylation is 1. The maximum absolute atomic E-state index is 12.5. The molecule has 0 spiro atoms. The molecule has 37 heavy (non-hydrogen) atoms. The number of fused-ring (bicyclic) bond motifs is 2. The summed E-state index contributed by atoms with van der Waals surface area (Å²) >= 11 is 6.57. The van der Waals surface area contributed by atoms with Crippen molar-refractivity contribution in [1.82, 2.24) is 24.3 Å². The van der Waals surface area contributed by atoms with Crippen molar-refractivity contribution in [2.75, 3.05) is 33.3 Å². The maximum atomic E-state index is 12.5. The van der Waals surface area contributed by atoms with Gasteiger partial charge in [-0.25, -0.2) is 9.78 Å². The molecule has 0 radical (unpaired) electrons. The van der Waals surface area contributed by atoms with Crippen molar-refractivity contribution < 1.29 is 14.3 Å². The first-order chi connectivity index (χ1) is 17.9. The number of imidazole rings is 1. The molecule has 2 atom stereocenters. The number of amides is 1. The number of benzene rings is 1.